The summed E-state index contributed by atoms with van der Waals surface area (Å²) in [7, 11) is 5.49. The maximum atomic E-state index is 12.6. The third-order valence-corrected chi connectivity index (χ3v) is 8.24. The van der Waals surface area contributed by atoms with Crippen molar-refractivity contribution in [3.05, 3.63) is 48.6 Å². The number of carboxylic acid groups (broad SMARTS) is 1. The van der Waals surface area contributed by atoms with Crippen LogP contribution in [-0.2, 0) is 28.6 Å². The highest BCUT2D eigenvalue weighted by atomic mass is 16.6. The fourth-order valence-corrected chi connectivity index (χ4v) is 5.24. The zero-order chi connectivity index (χ0) is 36.4. The topological polar surface area (TPSA) is 99.1 Å². The van der Waals surface area contributed by atoms with Crippen molar-refractivity contribution < 1.29 is 38.2 Å². The molecule has 0 rings (SSSR count). The van der Waals surface area contributed by atoms with Crippen LogP contribution < -0.4 is 0 Å². The predicted molar refractivity (Wildman–Crippen MR) is 201 cm³/mol. The van der Waals surface area contributed by atoms with Crippen molar-refractivity contribution in [3.63, 3.8) is 0 Å². The molecule has 1 N–H and O–H groups in total. The van der Waals surface area contributed by atoms with Gasteiger partial charge in [-0.15, -0.1) is 0 Å². The van der Waals surface area contributed by atoms with Gasteiger partial charge in [-0.05, 0) is 64.2 Å². The number of esters is 2. The third-order valence-electron chi connectivity index (χ3n) is 8.24. The van der Waals surface area contributed by atoms with Gasteiger partial charge < -0.3 is 23.8 Å². The molecular formula is C41H72NO7+. The first-order valence-corrected chi connectivity index (χ1v) is 19.2. The summed E-state index contributed by atoms with van der Waals surface area (Å²) in [5.74, 6) is -1.56. The van der Waals surface area contributed by atoms with E-state index in [2.05, 4.69) is 62.5 Å². The van der Waals surface area contributed by atoms with Crippen LogP contribution in [0.3, 0.4) is 0 Å². The number of carbonyl (C=O) groups excluding carboxylic acids is 2. The van der Waals surface area contributed by atoms with Gasteiger partial charge in [0.05, 0.1) is 34.4 Å². The first-order chi connectivity index (χ1) is 23.6. The van der Waals surface area contributed by atoms with E-state index in [0.717, 1.165) is 64.2 Å². The zero-order valence-electron chi connectivity index (χ0n) is 31.9. The van der Waals surface area contributed by atoms with E-state index in [-0.39, 0.29) is 42.7 Å². The number of unbranched alkanes of at least 4 members (excludes halogenated alkanes) is 12. The Kier molecular flexibility index (Phi) is 30.7. The van der Waals surface area contributed by atoms with Gasteiger partial charge in [-0.2, -0.15) is 0 Å². The van der Waals surface area contributed by atoms with Crippen LogP contribution in [0.15, 0.2) is 48.6 Å². The summed E-state index contributed by atoms with van der Waals surface area (Å²) in [6.45, 7) is 4.52. The number of carbonyl (C=O) groups is 3. The second-order valence-electron chi connectivity index (χ2n) is 13.8. The molecule has 0 bridgehead atoms. The average molecular weight is 691 g/mol. The molecule has 0 fully saturated rings. The second kappa shape index (κ2) is 32.5. The number of allylic oxidation sites excluding steroid dienone is 8. The van der Waals surface area contributed by atoms with Crippen LogP contribution in [-0.4, -0.2) is 80.6 Å². The molecule has 0 saturated heterocycles. The van der Waals surface area contributed by atoms with Crippen LogP contribution in [0.2, 0.25) is 0 Å². The van der Waals surface area contributed by atoms with Gasteiger partial charge in [0.1, 0.15) is 6.61 Å². The molecule has 0 aromatic rings. The quantitative estimate of drug-likeness (QED) is 0.0241. The Hall–Kier alpha value is -2.71. The van der Waals surface area contributed by atoms with Crippen LogP contribution in [0.5, 0.6) is 0 Å². The Labute approximate surface area is 299 Å². The van der Waals surface area contributed by atoms with Crippen molar-refractivity contribution in [3.8, 4) is 0 Å². The molecular weight excluding hydrogens is 618 g/mol. The van der Waals surface area contributed by atoms with Crippen molar-refractivity contribution in [2.24, 2.45) is 0 Å². The average Bonchev–Trinajstić information content (AvgIpc) is 3.05. The normalized spacial score (nSPS) is 13.6. The Morgan fingerprint density at radius 1 is 0.653 bits per heavy atom. The molecule has 0 radical (unpaired) electrons. The molecule has 0 amide bonds. The van der Waals surface area contributed by atoms with Gasteiger partial charge in [0.15, 0.2) is 12.1 Å². The number of hydrogen-bond acceptors (Lipinski definition) is 6. The molecule has 0 spiro atoms. The number of rotatable bonds is 33. The van der Waals surface area contributed by atoms with Gasteiger partial charge in [-0.3, -0.25) is 9.59 Å². The van der Waals surface area contributed by atoms with Gasteiger partial charge in [0.2, 0.25) is 0 Å². The summed E-state index contributed by atoms with van der Waals surface area (Å²) >= 11 is 0. The number of hydrogen-bond donors (Lipinski definition) is 1. The smallest absolute Gasteiger partial charge is 0.362 e. The number of likely N-dealkylation sites (N-methyl/N-ethyl adjacent to an activating group) is 1. The summed E-state index contributed by atoms with van der Waals surface area (Å²) in [5.41, 5.74) is 0. The molecule has 0 aromatic heterocycles. The van der Waals surface area contributed by atoms with Gasteiger partial charge in [0.25, 0.3) is 0 Å². The number of carboxylic acids is 1. The van der Waals surface area contributed by atoms with Crippen molar-refractivity contribution >= 4 is 17.9 Å². The molecule has 0 heterocycles. The van der Waals surface area contributed by atoms with Crippen molar-refractivity contribution in [2.75, 3.05) is 41.0 Å². The zero-order valence-corrected chi connectivity index (χ0v) is 31.9. The minimum absolute atomic E-state index is 0.0387. The van der Waals surface area contributed by atoms with E-state index in [0.29, 0.717) is 12.8 Å². The van der Waals surface area contributed by atoms with Crippen molar-refractivity contribution in [2.45, 2.75) is 154 Å². The largest absolute Gasteiger partial charge is 0.477 e. The van der Waals surface area contributed by atoms with E-state index in [1.807, 2.05) is 21.1 Å². The molecule has 8 heteroatoms. The highest BCUT2D eigenvalue weighted by molar-refractivity contribution is 5.72. The van der Waals surface area contributed by atoms with Gasteiger partial charge >= 0.3 is 17.9 Å². The molecule has 2 unspecified atom stereocenters. The lowest BCUT2D eigenvalue weighted by atomic mass is 10.1. The summed E-state index contributed by atoms with van der Waals surface area (Å²) in [6.07, 6.45) is 36.0. The van der Waals surface area contributed by atoms with Crippen LogP contribution in [0.4, 0.5) is 0 Å². The monoisotopic (exact) mass is 691 g/mol. The van der Waals surface area contributed by atoms with Gasteiger partial charge in [-0.1, -0.05) is 107 Å². The molecule has 0 aliphatic rings. The van der Waals surface area contributed by atoms with E-state index in [1.165, 1.54) is 44.9 Å². The highest BCUT2D eigenvalue weighted by Gasteiger charge is 2.31. The predicted octanol–water partition coefficient (Wildman–Crippen LogP) is 9.68. The lowest BCUT2D eigenvalue weighted by Gasteiger charge is -2.31. The van der Waals surface area contributed by atoms with E-state index >= 15 is 0 Å². The Morgan fingerprint density at radius 3 is 1.84 bits per heavy atom. The summed E-state index contributed by atoms with van der Waals surface area (Å²) in [6, 6.07) is -0.623. The maximum Gasteiger partial charge on any atom is 0.362 e. The fraction of sp³-hybridized carbons (Fsp3) is 0.732. The van der Waals surface area contributed by atoms with Crippen LogP contribution >= 0.6 is 0 Å². The molecule has 0 aromatic carbocycles. The summed E-state index contributed by atoms with van der Waals surface area (Å²) in [5, 5.41) is 9.57. The SMILES string of the molecule is CC/C=C/C/C=C/CCCCC(=O)OCC(COCCC(C(=O)O)[N+](C)(C)C)OC(=O)CCCCC/C=C/C=C/CCCCCCCCC. The minimum Gasteiger partial charge on any atom is -0.477 e. The standard InChI is InChI=1S/C41H71NO7/c1-6-8-10-12-14-16-17-18-19-20-21-22-24-26-28-30-32-40(44)49-37(35-47-34-33-38(41(45)46)42(3,4)5)36-48-39(43)31-29-27-25-23-15-13-11-9-7-2/h9,11,15,19-23,37-38H,6-8,10,12-14,16-18,24-36H2,1-5H3/p+1/b11-9+,20-19+,22-21+,23-15+. The fourth-order valence-electron chi connectivity index (χ4n) is 5.24. The van der Waals surface area contributed by atoms with Crippen molar-refractivity contribution in [1.29, 1.82) is 0 Å². The second-order valence-corrected chi connectivity index (χ2v) is 13.8. The molecule has 2 atom stereocenters. The molecule has 8 nitrogen and oxygen atoms in total. The summed E-state index contributed by atoms with van der Waals surface area (Å²) < 4.78 is 17.1. The van der Waals surface area contributed by atoms with E-state index in [1.54, 1.807) is 0 Å². The lowest BCUT2D eigenvalue weighted by Crippen LogP contribution is -2.50. The lowest BCUT2D eigenvalue weighted by molar-refractivity contribution is -0.887. The molecule has 49 heavy (non-hydrogen) atoms. The third kappa shape index (κ3) is 31.0. The molecule has 0 saturated carbocycles. The van der Waals surface area contributed by atoms with Gasteiger partial charge in [-0.25, -0.2) is 4.79 Å². The Morgan fingerprint density at radius 2 is 1.20 bits per heavy atom. The number of ether oxygens (including phenoxy) is 3. The summed E-state index contributed by atoms with van der Waals surface area (Å²) in [4.78, 5) is 36.7. The molecule has 282 valence electrons. The Balaban J connectivity index is 4.49. The first-order valence-electron chi connectivity index (χ1n) is 19.2. The van der Waals surface area contributed by atoms with Crippen LogP contribution in [0, 0.1) is 0 Å². The first kappa shape index (κ1) is 46.3. The van der Waals surface area contributed by atoms with E-state index in [9.17, 15) is 19.5 Å². The van der Waals surface area contributed by atoms with Crippen molar-refractivity contribution in [1.82, 2.24) is 0 Å². The number of nitrogens with zero attached hydrogens (tertiary/aromatic N) is 1. The van der Waals surface area contributed by atoms with Crippen LogP contribution in [0.1, 0.15) is 142 Å². The van der Waals surface area contributed by atoms with E-state index in [4.69, 9.17) is 14.2 Å². The number of aliphatic carboxylic acids is 1. The van der Waals surface area contributed by atoms with E-state index < -0.39 is 18.1 Å². The maximum absolute atomic E-state index is 12.6. The number of quaternary nitrogens is 1. The molecule has 0 aliphatic heterocycles. The van der Waals surface area contributed by atoms with Gasteiger partial charge in [0, 0.05) is 19.3 Å². The Bertz CT molecular complexity index is 948. The highest BCUT2D eigenvalue weighted by Crippen LogP contribution is 2.12. The minimum atomic E-state index is -0.886. The van der Waals surface area contributed by atoms with Crippen LogP contribution in [0.25, 0.3) is 0 Å². The molecule has 0 aliphatic carbocycles.